The Labute approximate surface area is 110 Å². The van der Waals surface area contributed by atoms with Crippen LogP contribution in [-0.4, -0.2) is 46.4 Å². The van der Waals surface area contributed by atoms with E-state index in [1.807, 2.05) is 11.6 Å². The minimum atomic E-state index is -3.52. The zero-order chi connectivity index (χ0) is 14.0. The highest BCUT2D eigenvalue weighted by atomic mass is 32.2. The van der Waals surface area contributed by atoms with Gasteiger partial charge in [-0.15, -0.1) is 0 Å². The molecule has 0 aromatic rings. The van der Waals surface area contributed by atoms with Gasteiger partial charge in [-0.05, 0) is 13.0 Å². The molecule has 18 heavy (non-hydrogen) atoms. The predicted molar refractivity (Wildman–Crippen MR) is 70.7 cm³/mol. The van der Waals surface area contributed by atoms with Gasteiger partial charge in [-0.1, -0.05) is 20.8 Å². The molecule has 0 aliphatic rings. The highest BCUT2D eigenvalue weighted by Crippen LogP contribution is 1.96. The lowest BCUT2D eigenvalue weighted by Gasteiger charge is -2.09. The molecule has 0 aliphatic carbocycles. The number of carbonyl (C=O) groups is 1. The Morgan fingerprint density at radius 1 is 1.28 bits per heavy atom. The van der Waals surface area contributed by atoms with Crippen molar-refractivity contribution in [3.8, 4) is 0 Å². The first kappa shape index (κ1) is 17.3. The summed E-state index contributed by atoms with van der Waals surface area (Å²) in [5, 5.41) is 3.09. The van der Waals surface area contributed by atoms with Crippen LogP contribution in [0.15, 0.2) is 0 Å². The maximum atomic E-state index is 11.5. The zero-order valence-electron chi connectivity index (χ0n) is 11.4. The van der Waals surface area contributed by atoms with Gasteiger partial charge >= 0.3 is 0 Å². The number of amides is 1. The maximum absolute atomic E-state index is 11.5. The van der Waals surface area contributed by atoms with E-state index in [0.29, 0.717) is 19.6 Å². The van der Waals surface area contributed by atoms with Crippen LogP contribution < -0.4 is 10.0 Å². The number of hydrogen-bond acceptors (Lipinski definition) is 5. The molecular weight excluding hydrogens is 256 g/mol. The topological polar surface area (TPSA) is 84.5 Å². The maximum Gasteiger partial charge on any atom is 0.235 e. The quantitative estimate of drug-likeness (QED) is 0.555. The first-order valence-corrected chi connectivity index (χ1v) is 7.87. The molecule has 0 fully saturated rings. The molecule has 108 valence electrons. The number of sulfonamides is 1. The number of hydrogen-bond donors (Lipinski definition) is 2. The zero-order valence-corrected chi connectivity index (χ0v) is 12.2. The normalized spacial score (nSPS) is 11.8. The Morgan fingerprint density at radius 3 is 2.50 bits per heavy atom. The van der Waals surface area contributed by atoms with Crippen molar-refractivity contribution in [1.29, 1.82) is 0 Å². The number of ether oxygens (including phenoxy) is 1. The number of rotatable bonds is 10. The van der Waals surface area contributed by atoms with E-state index in [1.54, 1.807) is 13.8 Å². The van der Waals surface area contributed by atoms with E-state index in [1.165, 1.54) is 0 Å². The molecule has 0 spiro atoms. The van der Waals surface area contributed by atoms with Gasteiger partial charge in [-0.3, -0.25) is 9.52 Å². The summed E-state index contributed by atoms with van der Waals surface area (Å²) in [5.41, 5.74) is 0. The van der Waals surface area contributed by atoms with Crippen LogP contribution in [0.1, 0.15) is 27.2 Å². The van der Waals surface area contributed by atoms with Gasteiger partial charge in [0, 0.05) is 19.1 Å². The van der Waals surface area contributed by atoms with Gasteiger partial charge in [-0.25, -0.2) is 8.42 Å². The summed E-state index contributed by atoms with van der Waals surface area (Å²) >= 11 is 0. The van der Waals surface area contributed by atoms with Gasteiger partial charge in [0.15, 0.2) is 0 Å². The van der Waals surface area contributed by atoms with Gasteiger partial charge in [0.1, 0.15) is 0 Å². The number of likely N-dealkylation sites (N-methyl/N-ethyl adjacent to an activating group) is 1. The summed E-state index contributed by atoms with van der Waals surface area (Å²) in [6.07, 6.45) is 0.382. The summed E-state index contributed by atoms with van der Waals surface area (Å²) in [7, 11) is -3.52. The molecule has 0 bridgehead atoms. The lowest BCUT2D eigenvalue weighted by molar-refractivity contribution is -0.122. The van der Waals surface area contributed by atoms with Crippen LogP contribution in [-0.2, 0) is 19.6 Å². The lowest BCUT2D eigenvalue weighted by Crippen LogP contribution is -2.35. The molecule has 1 amide bonds. The average Bonchev–Trinajstić information content (AvgIpc) is 2.27. The van der Waals surface area contributed by atoms with Crippen molar-refractivity contribution in [1.82, 2.24) is 10.0 Å². The highest BCUT2D eigenvalue weighted by molar-refractivity contribution is 7.90. The fourth-order valence-electron chi connectivity index (χ4n) is 1.10. The van der Waals surface area contributed by atoms with Gasteiger partial charge in [0.05, 0.1) is 12.4 Å². The van der Waals surface area contributed by atoms with Crippen LogP contribution in [0.4, 0.5) is 0 Å². The third kappa shape index (κ3) is 9.38. The summed E-state index contributed by atoms with van der Waals surface area (Å²) in [4.78, 5) is 11.2. The minimum absolute atomic E-state index is 0.0906. The molecule has 6 nitrogen and oxygen atoms in total. The molecule has 0 aliphatic heterocycles. The Kier molecular flexibility index (Phi) is 8.95. The Morgan fingerprint density at radius 2 is 1.94 bits per heavy atom. The SMILES string of the molecule is CCNCCOCCCS(=O)(=O)NC(=O)C(C)C. The van der Waals surface area contributed by atoms with E-state index < -0.39 is 15.9 Å². The molecule has 0 aromatic carbocycles. The molecule has 0 atom stereocenters. The van der Waals surface area contributed by atoms with Crippen LogP contribution in [0.2, 0.25) is 0 Å². The molecule has 0 saturated carbocycles. The molecule has 0 aromatic heterocycles. The van der Waals surface area contributed by atoms with E-state index in [9.17, 15) is 13.2 Å². The monoisotopic (exact) mass is 280 g/mol. The Hall–Kier alpha value is -0.660. The third-order valence-corrected chi connectivity index (χ3v) is 3.49. The van der Waals surface area contributed by atoms with Crippen LogP contribution in [0.25, 0.3) is 0 Å². The number of nitrogens with one attached hydrogen (secondary N) is 2. The molecular formula is C11H24N2O4S. The summed E-state index contributed by atoms with van der Waals surface area (Å²) in [6.45, 7) is 7.88. The van der Waals surface area contributed by atoms with Crippen molar-refractivity contribution in [2.24, 2.45) is 5.92 Å². The lowest BCUT2D eigenvalue weighted by atomic mass is 10.2. The van der Waals surface area contributed by atoms with Gasteiger partial charge in [0.2, 0.25) is 15.9 Å². The van der Waals surface area contributed by atoms with Crippen LogP contribution >= 0.6 is 0 Å². The molecule has 0 rings (SSSR count). The van der Waals surface area contributed by atoms with E-state index in [2.05, 4.69) is 5.32 Å². The van der Waals surface area contributed by atoms with E-state index in [0.717, 1.165) is 13.1 Å². The predicted octanol–water partition coefficient (Wildman–Crippen LogP) is 0.105. The van der Waals surface area contributed by atoms with Gasteiger partial charge < -0.3 is 10.1 Å². The second-order valence-corrected chi connectivity index (χ2v) is 6.10. The van der Waals surface area contributed by atoms with Crippen molar-refractivity contribution >= 4 is 15.9 Å². The first-order valence-electron chi connectivity index (χ1n) is 6.22. The van der Waals surface area contributed by atoms with Gasteiger partial charge in [0.25, 0.3) is 0 Å². The molecule has 0 saturated heterocycles. The highest BCUT2D eigenvalue weighted by Gasteiger charge is 2.16. The molecule has 0 unspecified atom stereocenters. The van der Waals surface area contributed by atoms with Crippen LogP contribution in [0.3, 0.4) is 0 Å². The second kappa shape index (κ2) is 9.29. The Bertz CT molecular complexity index is 328. The third-order valence-electron chi connectivity index (χ3n) is 2.16. The van der Waals surface area contributed by atoms with E-state index in [4.69, 9.17) is 4.74 Å². The van der Waals surface area contributed by atoms with E-state index in [-0.39, 0.29) is 11.7 Å². The van der Waals surface area contributed by atoms with Crippen molar-refractivity contribution in [2.75, 3.05) is 32.1 Å². The van der Waals surface area contributed by atoms with Crippen LogP contribution in [0, 0.1) is 5.92 Å². The first-order chi connectivity index (χ1) is 8.39. The standard InChI is InChI=1S/C11H24N2O4S/c1-4-12-6-8-17-7-5-9-18(15,16)13-11(14)10(2)3/h10,12H,4-9H2,1-3H3,(H,13,14). The summed E-state index contributed by atoms with van der Waals surface area (Å²) in [6, 6.07) is 0. The largest absolute Gasteiger partial charge is 0.380 e. The minimum Gasteiger partial charge on any atom is -0.380 e. The number of carbonyl (C=O) groups excluding carboxylic acids is 1. The van der Waals surface area contributed by atoms with E-state index >= 15 is 0 Å². The summed E-state index contributed by atoms with van der Waals surface area (Å²) in [5.74, 6) is -0.897. The fourth-order valence-corrected chi connectivity index (χ4v) is 2.24. The molecule has 0 radical (unpaired) electrons. The second-order valence-electron chi connectivity index (χ2n) is 4.26. The van der Waals surface area contributed by atoms with Crippen molar-refractivity contribution < 1.29 is 17.9 Å². The van der Waals surface area contributed by atoms with Crippen molar-refractivity contribution in [2.45, 2.75) is 27.2 Å². The fraction of sp³-hybridized carbons (Fsp3) is 0.909. The Balaban J connectivity index is 3.68. The van der Waals surface area contributed by atoms with Gasteiger partial charge in [-0.2, -0.15) is 0 Å². The van der Waals surface area contributed by atoms with Crippen LogP contribution in [0.5, 0.6) is 0 Å². The average molecular weight is 280 g/mol. The summed E-state index contributed by atoms with van der Waals surface area (Å²) < 4.78 is 30.2. The molecule has 0 heterocycles. The molecule has 2 N–H and O–H groups in total. The van der Waals surface area contributed by atoms with Crippen molar-refractivity contribution in [3.05, 3.63) is 0 Å². The molecule has 7 heteroatoms. The van der Waals surface area contributed by atoms with Crippen molar-refractivity contribution in [3.63, 3.8) is 0 Å². The smallest absolute Gasteiger partial charge is 0.235 e.